The second-order valence-electron chi connectivity index (χ2n) is 12.8. The number of nitrogens with one attached hydrogen (secondary N) is 1. The fraction of sp³-hybridized carbons (Fsp3) is 0.929. The Labute approximate surface area is 191 Å². The fourth-order valence-corrected chi connectivity index (χ4v) is 9.22. The van der Waals surface area contributed by atoms with E-state index in [9.17, 15) is 10.2 Å². The van der Waals surface area contributed by atoms with E-state index in [0.29, 0.717) is 11.3 Å². The number of fused-ring (bicyclic) bond motifs is 5. The Hall–Kier alpha value is -0.380. The van der Waals surface area contributed by atoms with Crippen molar-refractivity contribution in [1.29, 1.82) is 0 Å². The summed E-state index contributed by atoms with van der Waals surface area (Å²) in [6.45, 7) is 12.2. The Bertz CT molecular complexity index is 688. The third-order valence-corrected chi connectivity index (χ3v) is 11.0. The normalized spacial score (nSPS) is 48.0. The summed E-state index contributed by atoms with van der Waals surface area (Å²) in [5, 5.41) is 25.7. The molecule has 4 aliphatic rings. The van der Waals surface area contributed by atoms with Crippen molar-refractivity contribution < 1.29 is 10.2 Å². The van der Waals surface area contributed by atoms with Gasteiger partial charge in [-0.25, -0.2) is 0 Å². The van der Waals surface area contributed by atoms with E-state index in [2.05, 4.69) is 53.1 Å². The minimum atomic E-state index is -0.388. The quantitative estimate of drug-likeness (QED) is 0.473. The molecule has 0 aliphatic heterocycles. The van der Waals surface area contributed by atoms with Crippen molar-refractivity contribution in [1.82, 2.24) is 5.32 Å². The summed E-state index contributed by atoms with van der Waals surface area (Å²) in [6.07, 6.45) is 13.3. The lowest BCUT2D eigenvalue weighted by Crippen LogP contribution is -2.71. The summed E-state index contributed by atoms with van der Waals surface area (Å²) in [6, 6.07) is 0. The van der Waals surface area contributed by atoms with E-state index >= 15 is 0 Å². The van der Waals surface area contributed by atoms with Crippen molar-refractivity contribution in [2.75, 3.05) is 7.05 Å². The fourth-order valence-electron chi connectivity index (χ4n) is 9.22. The van der Waals surface area contributed by atoms with Gasteiger partial charge in [0.1, 0.15) is 0 Å². The summed E-state index contributed by atoms with van der Waals surface area (Å²) < 4.78 is 0. The molecule has 0 aromatic rings. The van der Waals surface area contributed by atoms with Crippen LogP contribution in [-0.2, 0) is 0 Å². The monoisotopic (exact) mass is 431 g/mol. The highest BCUT2D eigenvalue weighted by Crippen LogP contribution is 2.68. The van der Waals surface area contributed by atoms with E-state index in [1.807, 2.05) is 0 Å². The van der Waals surface area contributed by atoms with Crippen LogP contribution in [0.1, 0.15) is 98.8 Å². The summed E-state index contributed by atoms with van der Waals surface area (Å²) in [5.74, 6) is 3.25. The molecule has 4 aliphatic carbocycles. The molecular formula is C28H49NO2. The van der Waals surface area contributed by atoms with Gasteiger partial charge in [0.05, 0.1) is 12.2 Å². The van der Waals surface area contributed by atoms with Crippen LogP contribution in [0.4, 0.5) is 0 Å². The predicted molar refractivity (Wildman–Crippen MR) is 129 cm³/mol. The van der Waals surface area contributed by atoms with Gasteiger partial charge in [0, 0.05) is 16.9 Å². The zero-order valence-corrected chi connectivity index (χ0v) is 21.1. The first-order valence-electron chi connectivity index (χ1n) is 13.4. The van der Waals surface area contributed by atoms with Crippen molar-refractivity contribution in [2.45, 2.75) is 117 Å². The highest BCUT2D eigenvalue weighted by Gasteiger charge is 2.67. The smallest absolute Gasteiger partial charge is 0.0772 e. The largest absolute Gasteiger partial charge is 0.393 e. The Kier molecular flexibility index (Phi) is 6.47. The van der Waals surface area contributed by atoms with Gasteiger partial charge in [-0.05, 0) is 81.1 Å². The zero-order chi connectivity index (χ0) is 22.6. The summed E-state index contributed by atoms with van der Waals surface area (Å²) >= 11 is 0. The highest BCUT2D eigenvalue weighted by atomic mass is 16.3. The van der Waals surface area contributed by atoms with Crippen LogP contribution in [0.25, 0.3) is 0 Å². The Morgan fingerprint density at radius 2 is 1.77 bits per heavy atom. The molecule has 0 radical (unpaired) electrons. The van der Waals surface area contributed by atoms with Crippen molar-refractivity contribution in [3.05, 3.63) is 11.6 Å². The van der Waals surface area contributed by atoms with Crippen LogP contribution in [0, 0.1) is 40.4 Å². The van der Waals surface area contributed by atoms with Crippen LogP contribution >= 0.6 is 0 Å². The number of hydrogen-bond acceptors (Lipinski definition) is 3. The molecule has 0 amide bonds. The van der Waals surface area contributed by atoms with E-state index in [1.165, 1.54) is 44.1 Å². The average Bonchev–Trinajstić information content (AvgIpc) is 3.06. The molecule has 31 heavy (non-hydrogen) atoms. The molecule has 3 nitrogen and oxygen atoms in total. The van der Waals surface area contributed by atoms with Crippen LogP contribution < -0.4 is 5.32 Å². The Morgan fingerprint density at radius 3 is 2.45 bits per heavy atom. The van der Waals surface area contributed by atoms with Gasteiger partial charge < -0.3 is 15.5 Å². The first kappa shape index (κ1) is 23.8. The van der Waals surface area contributed by atoms with E-state index in [-0.39, 0.29) is 29.1 Å². The maximum Gasteiger partial charge on any atom is 0.0772 e. The van der Waals surface area contributed by atoms with Gasteiger partial charge in [-0.15, -0.1) is 0 Å². The van der Waals surface area contributed by atoms with E-state index in [0.717, 1.165) is 43.4 Å². The summed E-state index contributed by atoms with van der Waals surface area (Å²) in [7, 11) is 2.14. The maximum atomic E-state index is 11.5. The SMILES string of the molecule is CNC12CCC3(C)C(C(C)CCCC(C)C)CCC3C1C(O)C=C1CC(O)CCC12C. The Morgan fingerprint density at radius 1 is 1.03 bits per heavy atom. The molecule has 0 bridgehead atoms. The molecule has 9 atom stereocenters. The van der Waals surface area contributed by atoms with E-state index < -0.39 is 0 Å². The first-order valence-corrected chi connectivity index (χ1v) is 13.4. The van der Waals surface area contributed by atoms with Gasteiger partial charge in [-0.1, -0.05) is 65.5 Å². The highest BCUT2D eigenvalue weighted by molar-refractivity contribution is 5.35. The molecule has 3 fully saturated rings. The van der Waals surface area contributed by atoms with Crippen LogP contribution in [0.5, 0.6) is 0 Å². The van der Waals surface area contributed by atoms with Gasteiger partial charge in [0.2, 0.25) is 0 Å². The van der Waals surface area contributed by atoms with Gasteiger partial charge in [0.15, 0.2) is 0 Å². The molecule has 3 saturated carbocycles. The molecule has 0 aromatic heterocycles. The van der Waals surface area contributed by atoms with Crippen molar-refractivity contribution in [3.63, 3.8) is 0 Å². The molecular weight excluding hydrogens is 382 g/mol. The summed E-state index contributed by atoms with van der Waals surface area (Å²) in [5.41, 5.74) is 1.66. The number of hydrogen-bond donors (Lipinski definition) is 3. The van der Waals surface area contributed by atoms with Crippen LogP contribution in [0.2, 0.25) is 0 Å². The molecule has 3 N–H and O–H groups in total. The third kappa shape index (κ3) is 3.56. The summed E-state index contributed by atoms with van der Waals surface area (Å²) in [4.78, 5) is 0. The first-order chi connectivity index (χ1) is 14.6. The van der Waals surface area contributed by atoms with Crippen molar-refractivity contribution in [2.24, 2.45) is 40.4 Å². The number of aliphatic hydroxyl groups excluding tert-OH is 2. The predicted octanol–water partition coefficient (Wildman–Crippen LogP) is 5.70. The third-order valence-electron chi connectivity index (χ3n) is 11.0. The zero-order valence-electron chi connectivity index (χ0n) is 21.1. The Balaban J connectivity index is 1.62. The van der Waals surface area contributed by atoms with Crippen molar-refractivity contribution in [3.8, 4) is 0 Å². The molecule has 4 rings (SSSR count). The number of aliphatic hydroxyl groups is 2. The van der Waals surface area contributed by atoms with E-state index in [4.69, 9.17) is 0 Å². The lowest BCUT2D eigenvalue weighted by molar-refractivity contribution is -0.126. The van der Waals surface area contributed by atoms with Gasteiger partial charge in [0.25, 0.3) is 0 Å². The van der Waals surface area contributed by atoms with Crippen LogP contribution in [0.15, 0.2) is 11.6 Å². The van der Waals surface area contributed by atoms with Crippen molar-refractivity contribution >= 4 is 0 Å². The minimum absolute atomic E-state index is 0.0451. The van der Waals surface area contributed by atoms with Gasteiger partial charge in [-0.2, -0.15) is 0 Å². The molecule has 9 unspecified atom stereocenters. The molecule has 3 heteroatoms. The van der Waals surface area contributed by atoms with Gasteiger partial charge in [-0.3, -0.25) is 0 Å². The molecule has 0 saturated heterocycles. The second kappa shape index (κ2) is 8.44. The van der Waals surface area contributed by atoms with Gasteiger partial charge >= 0.3 is 0 Å². The molecule has 178 valence electrons. The lowest BCUT2D eigenvalue weighted by atomic mass is 9.42. The van der Waals surface area contributed by atoms with Crippen LogP contribution in [-0.4, -0.2) is 35.0 Å². The number of rotatable bonds is 6. The molecule has 0 spiro atoms. The lowest BCUT2D eigenvalue weighted by Gasteiger charge is -2.66. The molecule has 0 heterocycles. The average molecular weight is 432 g/mol. The standard InChI is InChI=1S/C28H49NO2/c1-18(2)8-7-9-19(3)22-10-11-23-25-24(31)17-20-16-21(30)12-13-27(20,5)28(25,29-6)15-14-26(22,23)4/h17-19,21-25,29-31H,7-16H2,1-6H3. The molecule has 0 aromatic carbocycles. The second-order valence-corrected chi connectivity index (χ2v) is 12.8. The van der Waals surface area contributed by atoms with E-state index in [1.54, 1.807) is 0 Å². The minimum Gasteiger partial charge on any atom is -0.393 e. The van der Waals surface area contributed by atoms with Crippen LogP contribution in [0.3, 0.4) is 0 Å². The maximum absolute atomic E-state index is 11.5. The topological polar surface area (TPSA) is 52.5 Å².